The van der Waals surface area contributed by atoms with Crippen molar-refractivity contribution in [1.29, 1.82) is 0 Å². The smallest absolute Gasteiger partial charge is 0.264 e. The maximum absolute atomic E-state index is 13.4. The summed E-state index contributed by atoms with van der Waals surface area (Å²) in [6.07, 6.45) is 0. The fourth-order valence-electron chi connectivity index (χ4n) is 3.98. The van der Waals surface area contributed by atoms with Crippen molar-refractivity contribution in [2.24, 2.45) is 0 Å². The summed E-state index contributed by atoms with van der Waals surface area (Å²) in [6.45, 7) is 10.5. The van der Waals surface area contributed by atoms with E-state index in [0.717, 1.165) is 11.1 Å². The van der Waals surface area contributed by atoms with E-state index < -0.39 is 27.3 Å². The van der Waals surface area contributed by atoms with E-state index in [-0.39, 0.29) is 11.5 Å². The van der Waals surface area contributed by atoms with Gasteiger partial charge in [-0.15, -0.1) is 0 Å². The Bertz CT molecular complexity index is 1000. The number of sulfonamides is 1. The lowest BCUT2D eigenvalue weighted by Gasteiger charge is -2.31. The molecule has 3 atom stereocenters. The molecule has 2 aromatic rings. The highest BCUT2D eigenvalue weighted by molar-refractivity contribution is 7.89. The van der Waals surface area contributed by atoms with Crippen LogP contribution in [0.2, 0.25) is 0 Å². The number of epoxide rings is 1. The van der Waals surface area contributed by atoms with E-state index in [1.165, 1.54) is 4.31 Å². The Kier molecular flexibility index (Phi) is 4.41. The molecule has 4 rings (SSSR count). The van der Waals surface area contributed by atoms with Crippen molar-refractivity contribution in [3.63, 3.8) is 0 Å². The molecule has 2 fully saturated rings. The average molecular weight is 400 g/mol. The summed E-state index contributed by atoms with van der Waals surface area (Å²) >= 11 is 0. The van der Waals surface area contributed by atoms with E-state index in [4.69, 9.17) is 9.47 Å². The monoisotopic (exact) mass is 399 g/mol. The highest BCUT2D eigenvalue weighted by atomic mass is 32.2. The molecular formula is C22H25NO4S. The number of aryl methyl sites for hydroxylation is 1. The molecule has 0 radical (unpaired) electrons. The molecule has 0 aromatic heterocycles. The number of nitrogens with zero attached hydrogens (tertiary/aromatic N) is 1. The summed E-state index contributed by atoms with van der Waals surface area (Å²) in [7, 11) is -3.75. The van der Waals surface area contributed by atoms with E-state index in [9.17, 15) is 8.42 Å². The van der Waals surface area contributed by atoms with E-state index in [1.807, 2.05) is 51.1 Å². The molecule has 0 saturated carbocycles. The van der Waals surface area contributed by atoms with Crippen LogP contribution in [0.4, 0.5) is 0 Å². The molecule has 0 amide bonds. The third-order valence-electron chi connectivity index (χ3n) is 6.02. The van der Waals surface area contributed by atoms with Crippen molar-refractivity contribution < 1.29 is 17.9 Å². The molecule has 5 nitrogen and oxygen atoms in total. The van der Waals surface area contributed by atoms with Crippen LogP contribution in [0.1, 0.15) is 25.0 Å². The number of fused-ring (bicyclic) bond motifs is 1. The van der Waals surface area contributed by atoms with Crippen LogP contribution in [0.25, 0.3) is 0 Å². The van der Waals surface area contributed by atoms with E-state index >= 15 is 0 Å². The predicted molar refractivity (Wildman–Crippen MR) is 107 cm³/mol. The Balaban J connectivity index is 1.61. The van der Waals surface area contributed by atoms with Crippen LogP contribution in [0.5, 0.6) is 0 Å². The standard InChI is InChI=1S/C22H25NO4S/c1-16-10-12-19(13-11-16)28(24,25)23-17(2)21(3)22(4,27-21)20(23)15-26-14-18-8-6-5-7-9-18/h5-13,20H,2,14-15H2,1,3-4H3/t20-,21+,22-/m1/s1. The lowest BCUT2D eigenvalue weighted by Crippen LogP contribution is -2.45. The van der Waals surface area contributed by atoms with Gasteiger partial charge in [-0.2, -0.15) is 0 Å². The maximum Gasteiger partial charge on any atom is 0.264 e. The highest BCUT2D eigenvalue weighted by Gasteiger charge is 2.78. The fraction of sp³-hybridized carbons (Fsp3) is 0.364. The van der Waals surface area contributed by atoms with E-state index in [2.05, 4.69) is 6.58 Å². The van der Waals surface area contributed by atoms with Crippen molar-refractivity contribution in [3.05, 3.63) is 78.0 Å². The summed E-state index contributed by atoms with van der Waals surface area (Å²) in [5.74, 6) is 0. The van der Waals surface area contributed by atoms with Gasteiger partial charge in [0, 0.05) is 0 Å². The molecule has 28 heavy (non-hydrogen) atoms. The SMILES string of the molecule is C=C1N(S(=O)(=O)c2ccc(C)cc2)[C@H](COCc2ccccc2)[C@@]2(C)O[C@@]12C. The summed E-state index contributed by atoms with van der Waals surface area (Å²) in [5.41, 5.74) is 1.18. The molecule has 2 saturated heterocycles. The second-order valence-corrected chi connectivity index (χ2v) is 9.63. The minimum Gasteiger partial charge on any atom is -0.374 e. The number of hydrogen-bond acceptors (Lipinski definition) is 4. The Morgan fingerprint density at radius 2 is 1.75 bits per heavy atom. The Labute approximate surface area is 166 Å². The Hall–Kier alpha value is -2.15. The average Bonchev–Trinajstić information content (AvgIpc) is 3.20. The van der Waals surface area contributed by atoms with Gasteiger partial charge in [0.05, 0.1) is 23.8 Å². The van der Waals surface area contributed by atoms with Crippen LogP contribution in [-0.2, 0) is 26.1 Å². The number of ether oxygens (including phenoxy) is 2. The van der Waals surface area contributed by atoms with Crippen LogP contribution < -0.4 is 0 Å². The van der Waals surface area contributed by atoms with Crippen LogP contribution in [0, 0.1) is 6.92 Å². The van der Waals surface area contributed by atoms with Crippen LogP contribution in [0.15, 0.2) is 71.8 Å². The molecule has 0 unspecified atom stereocenters. The quantitative estimate of drug-likeness (QED) is 0.696. The van der Waals surface area contributed by atoms with Crippen LogP contribution in [0.3, 0.4) is 0 Å². The molecule has 2 aliphatic rings. The number of benzene rings is 2. The molecule has 0 bridgehead atoms. The minimum absolute atomic E-state index is 0.227. The van der Waals surface area contributed by atoms with Crippen molar-refractivity contribution in [1.82, 2.24) is 4.31 Å². The van der Waals surface area contributed by atoms with E-state index in [1.54, 1.807) is 24.3 Å². The third kappa shape index (κ3) is 2.79. The highest BCUT2D eigenvalue weighted by Crippen LogP contribution is 2.63. The number of hydrogen-bond donors (Lipinski definition) is 0. The first-order chi connectivity index (χ1) is 13.2. The summed E-state index contributed by atoms with van der Waals surface area (Å²) in [5, 5.41) is 0. The number of morpholine rings is 1. The van der Waals surface area contributed by atoms with Gasteiger partial charge in [0.1, 0.15) is 17.2 Å². The molecule has 0 N–H and O–H groups in total. The van der Waals surface area contributed by atoms with Gasteiger partial charge in [0.15, 0.2) is 0 Å². The third-order valence-corrected chi connectivity index (χ3v) is 7.88. The predicted octanol–water partition coefficient (Wildman–Crippen LogP) is 3.65. The summed E-state index contributed by atoms with van der Waals surface area (Å²) in [4.78, 5) is 0.251. The topological polar surface area (TPSA) is 59.1 Å². The lowest BCUT2D eigenvalue weighted by atomic mass is 9.93. The summed E-state index contributed by atoms with van der Waals surface area (Å²) in [6, 6.07) is 16.2. The largest absolute Gasteiger partial charge is 0.374 e. The van der Waals surface area contributed by atoms with Gasteiger partial charge in [-0.25, -0.2) is 8.42 Å². The van der Waals surface area contributed by atoms with Crippen LogP contribution in [-0.4, -0.2) is 36.6 Å². The Morgan fingerprint density at radius 1 is 1.11 bits per heavy atom. The maximum atomic E-state index is 13.4. The molecule has 0 spiro atoms. The van der Waals surface area contributed by atoms with Crippen molar-refractivity contribution >= 4 is 10.0 Å². The summed E-state index contributed by atoms with van der Waals surface area (Å²) < 4.78 is 40.1. The second kappa shape index (κ2) is 6.44. The van der Waals surface area contributed by atoms with Gasteiger partial charge in [0.2, 0.25) is 0 Å². The van der Waals surface area contributed by atoms with Crippen molar-refractivity contribution in [2.75, 3.05) is 6.61 Å². The van der Waals surface area contributed by atoms with Crippen LogP contribution >= 0.6 is 0 Å². The molecule has 0 aliphatic carbocycles. The Morgan fingerprint density at radius 3 is 2.39 bits per heavy atom. The van der Waals surface area contributed by atoms with Gasteiger partial charge >= 0.3 is 0 Å². The first-order valence-electron chi connectivity index (χ1n) is 9.32. The molecule has 148 valence electrons. The van der Waals surface area contributed by atoms with Gasteiger partial charge in [-0.1, -0.05) is 54.6 Å². The number of rotatable bonds is 6. The first-order valence-corrected chi connectivity index (χ1v) is 10.8. The zero-order valence-corrected chi connectivity index (χ0v) is 17.2. The first kappa shape index (κ1) is 19.2. The second-order valence-electron chi connectivity index (χ2n) is 7.82. The molecule has 2 aromatic carbocycles. The molecular weight excluding hydrogens is 374 g/mol. The van der Waals surface area contributed by atoms with Gasteiger partial charge in [0.25, 0.3) is 10.0 Å². The molecule has 2 heterocycles. The normalized spacial score (nSPS) is 29.0. The van der Waals surface area contributed by atoms with Gasteiger partial charge in [-0.3, -0.25) is 4.31 Å². The molecule has 2 aliphatic heterocycles. The zero-order chi connectivity index (χ0) is 20.2. The minimum atomic E-state index is -3.75. The molecule has 6 heteroatoms. The van der Waals surface area contributed by atoms with Gasteiger partial charge in [-0.05, 0) is 38.5 Å². The van der Waals surface area contributed by atoms with Gasteiger partial charge < -0.3 is 9.47 Å². The van der Waals surface area contributed by atoms with Crippen molar-refractivity contribution in [3.8, 4) is 0 Å². The zero-order valence-electron chi connectivity index (χ0n) is 16.4. The fourth-order valence-corrected chi connectivity index (χ4v) is 5.75. The van der Waals surface area contributed by atoms with E-state index in [0.29, 0.717) is 12.3 Å². The van der Waals surface area contributed by atoms with Crippen molar-refractivity contribution in [2.45, 2.75) is 49.5 Å². The lowest BCUT2D eigenvalue weighted by molar-refractivity contribution is 0.0526.